The van der Waals surface area contributed by atoms with Crippen molar-refractivity contribution in [2.75, 3.05) is 6.61 Å². The van der Waals surface area contributed by atoms with Crippen LogP contribution in [0.1, 0.15) is 68.6 Å². The van der Waals surface area contributed by atoms with Crippen LogP contribution in [-0.2, 0) is 0 Å². The highest BCUT2D eigenvalue weighted by molar-refractivity contribution is 14.1. The second-order valence-corrected chi connectivity index (χ2v) is 9.63. The summed E-state index contributed by atoms with van der Waals surface area (Å²) in [5.74, 6) is 2.59. The molecule has 1 fully saturated rings. The smallest absolute Gasteiger partial charge is 0.343 e. The van der Waals surface area contributed by atoms with Crippen molar-refractivity contribution in [2.45, 2.75) is 58.3 Å². The Labute approximate surface area is 200 Å². The third-order valence-electron chi connectivity index (χ3n) is 5.98. The molecule has 0 aliphatic heterocycles. The van der Waals surface area contributed by atoms with Gasteiger partial charge >= 0.3 is 5.97 Å². The fourth-order valence-corrected chi connectivity index (χ4v) is 4.46. The minimum absolute atomic E-state index is 0.363. The van der Waals surface area contributed by atoms with E-state index >= 15 is 0 Å². The fraction of sp³-hybridized carbons (Fsp3) is 0.444. The van der Waals surface area contributed by atoms with Gasteiger partial charge in [0.25, 0.3) is 0 Å². The Kier molecular flexibility index (Phi) is 9.91. The van der Waals surface area contributed by atoms with Gasteiger partial charge in [-0.2, -0.15) is 0 Å². The van der Waals surface area contributed by atoms with E-state index in [2.05, 4.69) is 41.7 Å². The molecule has 0 heterocycles. The van der Waals surface area contributed by atoms with Gasteiger partial charge < -0.3 is 9.47 Å². The SMILES string of the molecule is CCCCCC1CCC(/C=C/COc2ccc(C(=O)Oc3ccc(I)cc3)cc2)CC1. The Balaban J connectivity index is 1.36. The largest absolute Gasteiger partial charge is 0.490 e. The minimum atomic E-state index is -0.363. The Morgan fingerprint density at radius 1 is 0.968 bits per heavy atom. The lowest BCUT2D eigenvalue weighted by Gasteiger charge is -2.26. The normalized spacial score (nSPS) is 18.8. The van der Waals surface area contributed by atoms with Crippen molar-refractivity contribution in [3.05, 3.63) is 69.8 Å². The van der Waals surface area contributed by atoms with E-state index in [-0.39, 0.29) is 5.97 Å². The number of carbonyl (C=O) groups excluding carboxylic acids is 1. The van der Waals surface area contributed by atoms with E-state index in [4.69, 9.17) is 9.47 Å². The molecule has 0 N–H and O–H groups in total. The van der Waals surface area contributed by atoms with Gasteiger partial charge in [-0.15, -0.1) is 0 Å². The predicted octanol–water partition coefficient (Wildman–Crippen LogP) is 7.83. The van der Waals surface area contributed by atoms with E-state index < -0.39 is 0 Å². The molecule has 0 radical (unpaired) electrons. The maximum Gasteiger partial charge on any atom is 0.343 e. The van der Waals surface area contributed by atoms with Gasteiger partial charge in [0, 0.05) is 3.57 Å². The van der Waals surface area contributed by atoms with Crippen LogP contribution in [0.3, 0.4) is 0 Å². The number of hydrogen-bond acceptors (Lipinski definition) is 3. The summed E-state index contributed by atoms with van der Waals surface area (Å²) in [6.07, 6.45) is 15.4. The molecule has 0 aromatic heterocycles. The molecule has 0 unspecified atom stereocenters. The lowest BCUT2D eigenvalue weighted by molar-refractivity contribution is 0.0734. The highest BCUT2D eigenvalue weighted by atomic mass is 127. The van der Waals surface area contributed by atoms with Crippen molar-refractivity contribution in [3.63, 3.8) is 0 Å². The lowest BCUT2D eigenvalue weighted by Crippen LogP contribution is -2.13. The number of esters is 1. The molecule has 31 heavy (non-hydrogen) atoms. The third kappa shape index (κ3) is 8.32. The minimum Gasteiger partial charge on any atom is -0.490 e. The van der Waals surface area contributed by atoms with Crippen molar-refractivity contribution in [2.24, 2.45) is 11.8 Å². The Hall–Kier alpha value is -1.82. The Bertz CT molecular complexity index is 819. The van der Waals surface area contributed by atoms with Gasteiger partial charge in [0.05, 0.1) is 5.56 Å². The van der Waals surface area contributed by atoms with Gasteiger partial charge in [-0.3, -0.25) is 0 Å². The number of allylic oxidation sites excluding steroid dienone is 1. The molecule has 0 saturated heterocycles. The molecule has 1 saturated carbocycles. The van der Waals surface area contributed by atoms with Gasteiger partial charge in [0.15, 0.2) is 0 Å². The average Bonchev–Trinajstić information content (AvgIpc) is 2.80. The number of ether oxygens (including phenoxy) is 2. The van der Waals surface area contributed by atoms with Crippen molar-refractivity contribution >= 4 is 28.6 Å². The summed E-state index contributed by atoms with van der Waals surface area (Å²) < 4.78 is 12.3. The third-order valence-corrected chi connectivity index (χ3v) is 6.70. The number of benzene rings is 2. The molecule has 166 valence electrons. The molecule has 1 aliphatic carbocycles. The number of rotatable bonds is 10. The fourth-order valence-electron chi connectivity index (χ4n) is 4.10. The number of hydrogen-bond donors (Lipinski definition) is 0. The first-order valence-electron chi connectivity index (χ1n) is 11.5. The molecule has 3 rings (SSSR count). The summed E-state index contributed by atoms with van der Waals surface area (Å²) in [6, 6.07) is 14.5. The summed E-state index contributed by atoms with van der Waals surface area (Å²) in [4.78, 5) is 12.3. The molecule has 2 aromatic rings. The van der Waals surface area contributed by atoms with E-state index in [1.807, 2.05) is 24.3 Å². The van der Waals surface area contributed by atoms with Gasteiger partial charge in [0.1, 0.15) is 18.1 Å². The first-order chi connectivity index (χ1) is 15.1. The molecule has 1 aliphatic rings. The average molecular weight is 532 g/mol. The lowest BCUT2D eigenvalue weighted by atomic mass is 9.79. The summed E-state index contributed by atoms with van der Waals surface area (Å²) in [6.45, 7) is 2.83. The highest BCUT2D eigenvalue weighted by Crippen LogP contribution is 2.32. The van der Waals surface area contributed by atoms with Crippen molar-refractivity contribution < 1.29 is 14.3 Å². The van der Waals surface area contributed by atoms with Crippen LogP contribution < -0.4 is 9.47 Å². The molecule has 3 nitrogen and oxygen atoms in total. The van der Waals surface area contributed by atoms with Crippen LogP contribution in [-0.4, -0.2) is 12.6 Å². The first kappa shape index (κ1) is 23.8. The monoisotopic (exact) mass is 532 g/mol. The van der Waals surface area contributed by atoms with Crippen LogP contribution in [0.4, 0.5) is 0 Å². The predicted molar refractivity (Wildman–Crippen MR) is 135 cm³/mol. The van der Waals surface area contributed by atoms with Crippen LogP contribution >= 0.6 is 22.6 Å². The highest BCUT2D eigenvalue weighted by Gasteiger charge is 2.18. The molecule has 2 aromatic carbocycles. The zero-order valence-corrected chi connectivity index (χ0v) is 20.6. The van der Waals surface area contributed by atoms with Gasteiger partial charge in [0.2, 0.25) is 0 Å². The quantitative estimate of drug-likeness (QED) is 0.103. The van der Waals surface area contributed by atoms with E-state index in [9.17, 15) is 4.79 Å². The molecular formula is C27H33IO3. The summed E-state index contributed by atoms with van der Waals surface area (Å²) >= 11 is 2.22. The summed E-state index contributed by atoms with van der Waals surface area (Å²) in [5.41, 5.74) is 0.511. The maximum atomic E-state index is 12.3. The topological polar surface area (TPSA) is 35.5 Å². The number of unbranched alkanes of at least 4 members (excludes halogenated alkanes) is 2. The van der Waals surface area contributed by atoms with Gasteiger partial charge in [-0.05, 0) is 109 Å². The number of halogens is 1. The second kappa shape index (κ2) is 12.9. The van der Waals surface area contributed by atoms with Crippen molar-refractivity contribution in [1.82, 2.24) is 0 Å². The van der Waals surface area contributed by atoms with Crippen LogP contribution in [0.15, 0.2) is 60.7 Å². The van der Waals surface area contributed by atoms with Gasteiger partial charge in [-0.1, -0.05) is 44.8 Å². The van der Waals surface area contributed by atoms with Crippen LogP contribution in [0.2, 0.25) is 0 Å². The Morgan fingerprint density at radius 3 is 2.32 bits per heavy atom. The van der Waals surface area contributed by atoms with E-state index in [1.165, 1.54) is 51.4 Å². The number of carbonyl (C=O) groups is 1. The van der Waals surface area contributed by atoms with Gasteiger partial charge in [-0.25, -0.2) is 4.79 Å². The standard InChI is InChI=1S/C27H33IO3/c1-2-3-4-6-21-8-10-22(11-9-21)7-5-20-30-25-16-12-23(13-17-25)27(29)31-26-18-14-24(28)15-19-26/h5,7,12-19,21-22H,2-4,6,8-11,20H2,1H3/b7-5+. The van der Waals surface area contributed by atoms with E-state index in [0.717, 1.165) is 15.2 Å². The van der Waals surface area contributed by atoms with Crippen LogP contribution in [0.5, 0.6) is 11.5 Å². The van der Waals surface area contributed by atoms with Crippen molar-refractivity contribution in [3.8, 4) is 11.5 Å². The van der Waals surface area contributed by atoms with E-state index in [1.54, 1.807) is 24.3 Å². The molecule has 0 amide bonds. The molecular weight excluding hydrogens is 499 g/mol. The maximum absolute atomic E-state index is 12.3. The summed E-state index contributed by atoms with van der Waals surface area (Å²) in [5, 5.41) is 0. The van der Waals surface area contributed by atoms with E-state index in [0.29, 0.717) is 23.8 Å². The molecule has 0 bridgehead atoms. The zero-order valence-electron chi connectivity index (χ0n) is 18.4. The molecule has 4 heteroatoms. The molecule has 0 atom stereocenters. The zero-order chi connectivity index (χ0) is 21.9. The second-order valence-electron chi connectivity index (χ2n) is 8.38. The first-order valence-corrected chi connectivity index (χ1v) is 12.6. The van der Waals surface area contributed by atoms with Crippen molar-refractivity contribution in [1.29, 1.82) is 0 Å². The summed E-state index contributed by atoms with van der Waals surface area (Å²) in [7, 11) is 0. The van der Waals surface area contributed by atoms with Crippen LogP contribution in [0, 0.1) is 15.4 Å². The molecule has 0 spiro atoms. The Morgan fingerprint density at radius 2 is 1.65 bits per heavy atom. The van der Waals surface area contributed by atoms with Crippen LogP contribution in [0.25, 0.3) is 0 Å².